The highest BCUT2D eigenvalue weighted by molar-refractivity contribution is 7.99. The van der Waals surface area contributed by atoms with Gasteiger partial charge in [-0.15, -0.1) is 11.8 Å². The molecule has 6 heteroatoms. The molecular formula is C12H14Cl2N2OS. The molecule has 3 nitrogen and oxygen atoms in total. The quantitative estimate of drug-likeness (QED) is 0.932. The summed E-state index contributed by atoms with van der Waals surface area (Å²) >= 11 is 13.6. The van der Waals surface area contributed by atoms with Crippen molar-refractivity contribution in [3.05, 3.63) is 33.8 Å². The molecule has 1 amide bonds. The second-order valence-electron chi connectivity index (χ2n) is 4.21. The number of hydrogen-bond donors (Lipinski definition) is 1. The maximum Gasteiger partial charge on any atom is 0.240 e. The third-order valence-corrected chi connectivity index (χ3v) is 4.47. The van der Waals surface area contributed by atoms with E-state index >= 15 is 0 Å². The van der Waals surface area contributed by atoms with Crippen LogP contribution in [0.4, 0.5) is 0 Å². The normalized spacial score (nSPS) is 18.9. The molecule has 1 atom stereocenters. The molecule has 1 aliphatic heterocycles. The molecule has 1 saturated heterocycles. The van der Waals surface area contributed by atoms with Crippen molar-refractivity contribution in [1.29, 1.82) is 0 Å². The van der Waals surface area contributed by atoms with E-state index in [0.29, 0.717) is 16.6 Å². The maximum absolute atomic E-state index is 12.1. The zero-order valence-corrected chi connectivity index (χ0v) is 12.3. The molecule has 18 heavy (non-hydrogen) atoms. The van der Waals surface area contributed by atoms with Gasteiger partial charge < -0.3 is 4.90 Å². The van der Waals surface area contributed by atoms with E-state index in [2.05, 4.69) is 5.32 Å². The largest absolute Gasteiger partial charge is 0.340 e. The molecule has 1 aliphatic rings. The summed E-state index contributed by atoms with van der Waals surface area (Å²) in [6.45, 7) is 0.540. The van der Waals surface area contributed by atoms with Crippen molar-refractivity contribution in [3.63, 3.8) is 0 Å². The lowest BCUT2D eigenvalue weighted by Gasteiger charge is -2.21. The number of thioether (sulfide) groups is 1. The van der Waals surface area contributed by atoms with E-state index < -0.39 is 0 Å². The van der Waals surface area contributed by atoms with Gasteiger partial charge in [-0.1, -0.05) is 29.3 Å². The Bertz CT molecular complexity index is 450. The molecule has 0 saturated carbocycles. The van der Waals surface area contributed by atoms with E-state index in [9.17, 15) is 4.79 Å². The summed E-state index contributed by atoms with van der Waals surface area (Å²) in [5.74, 6) is 1.80. The Morgan fingerprint density at radius 2 is 2.28 bits per heavy atom. The summed E-state index contributed by atoms with van der Waals surface area (Å²) in [6.07, 6.45) is 0. The molecule has 2 rings (SSSR count). The predicted octanol–water partition coefficient (Wildman–Crippen LogP) is 2.61. The molecule has 1 aromatic rings. The minimum Gasteiger partial charge on any atom is -0.340 e. The van der Waals surface area contributed by atoms with Gasteiger partial charge in [0.05, 0.1) is 16.1 Å². The van der Waals surface area contributed by atoms with Crippen molar-refractivity contribution in [3.8, 4) is 0 Å². The summed E-state index contributed by atoms with van der Waals surface area (Å²) in [6, 6.07) is 5.36. The Kier molecular flexibility index (Phi) is 4.78. The van der Waals surface area contributed by atoms with Crippen LogP contribution in [-0.2, 0) is 11.3 Å². The lowest BCUT2D eigenvalue weighted by Crippen LogP contribution is -2.42. The van der Waals surface area contributed by atoms with E-state index in [1.807, 2.05) is 6.07 Å². The van der Waals surface area contributed by atoms with Crippen LogP contribution in [0, 0.1) is 0 Å². The van der Waals surface area contributed by atoms with Crippen molar-refractivity contribution < 1.29 is 4.79 Å². The number of amides is 1. The molecule has 1 heterocycles. The van der Waals surface area contributed by atoms with E-state index in [4.69, 9.17) is 23.2 Å². The van der Waals surface area contributed by atoms with Gasteiger partial charge in [0.25, 0.3) is 0 Å². The van der Waals surface area contributed by atoms with Crippen molar-refractivity contribution in [2.24, 2.45) is 0 Å². The lowest BCUT2D eigenvalue weighted by atomic mass is 10.2. The zero-order chi connectivity index (χ0) is 13.1. The van der Waals surface area contributed by atoms with Crippen LogP contribution in [0.1, 0.15) is 5.56 Å². The fourth-order valence-electron chi connectivity index (χ4n) is 1.81. The number of rotatable bonds is 3. The number of likely N-dealkylation sites (N-methyl/N-ethyl adjacent to an activating group) is 1. The van der Waals surface area contributed by atoms with Crippen LogP contribution >= 0.6 is 35.0 Å². The van der Waals surface area contributed by atoms with Crippen molar-refractivity contribution in [1.82, 2.24) is 10.2 Å². The highest BCUT2D eigenvalue weighted by Crippen LogP contribution is 2.23. The molecule has 1 N–H and O–H groups in total. The van der Waals surface area contributed by atoms with Gasteiger partial charge in [-0.05, 0) is 17.7 Å². The average molecular weight is 305 g/mol. The number of hydrogen-bond acceptors (Lipinski definition) is 3. The number of nitrogens with one attached hydrogen (secondary N) is 1. The topological polar surface area (TPSA) is 32.3 Å². The molecule has 0 bridgehead atoms. The number of benzene rings is 1. The molecule has 0 aromatic heterocycles. The predicted molar refractivity (Wildman–Crippen MR) is 77.2 cm³/mol. The molecule has 1 aromatic carbocycles. The van der Waals surface area contributed by atoms with E-state index in [0.717, 1.165) is 17.2 Å². The van der Waals surface area contributed by atoms with Gasteiger partial charge in [0.1, 0.15) is 0 Å². The molecule has 0 radical (unpaired) electrons. The van der Waals surface area contributed by atoms with Gasteiger partial charge in [-0.3, -0.25) is 10.1 Å². The molecule has 0 aliphatic carbocycles. The van der Waals surface area contributed by atoms with Crippen molar-refractivity contribution in [2.75, 3.05) is 18.7 Å². The smallest absolute Gasteiger partial charge is 0.240 e. The first-order valence-electron chi connectivity index (χ1n) is 5.58. The highest BCUT2D eigenvalue weighted by Gasteiger charge is 2.25. The number of halogens is 2. The van der Waals surface area contributed by atoms with Crippen molar-refractivity contribution in [2.45, 2.75) is 12.6 Å². The minimum absolute atomic E-state index is 0.0669. The van der Waals surface area contributed by atoms with Crippen LogP contribution in [0.3, 0.4) is 0 Å². The first kappa shape index (κ1) is 14.0. The van der Waals surface area contributed by atoms with Gasteiger partial charge in [0, 0.05) is 25.2 Å². The molecule has 1 unspecified atom stereocenters. The van der Waals surface area contributed by atoms with E-state index in [1.54, 1.807) is 35.8 Å². The molecule has 1 fully saturated rings. The third-order valence-electron chi connectivity index (χ3n) is 2.79. The summed E-state index contributed by atoms with van der Waals surface area (Å²) in [4.78, 5) is 13.8. The Balaban J connectivity index is 1.99. The van der Waals surface area contributed by atoms with Crippen LogP contribution < -0.4 is 5.32 Å². The van der Waals surface area contributed by atoms with Crippen LogP contribution in [0.15, 0.2) is 18.2 Å². The lowest BCUT2D eigenvalue weighted by molar-refractivity contribution is -0.131. The zero-order valence-electron chi connectivity index (χ0n) is 9.95. The monoisotopic (exact) mass is 304 g/mol. The second kappa shape index (κ2) is 6.15. The highest BCUT2D eigenvalue weighted by atomic mass is 35.5. The minimum atomic E-state index is -0.0669. The standard InChI is InChI=1S/C12H14Cl2N2OS/c1-16(12(17)11-6-18-7-15-11)5-8-2-3-9(13)10(14)4-8/h2-4,11,15H,5-7H2,1H3. The number of carbonyl (C=O) groups is 1. The summed E-state index contributed by atoms with van der Waals surface area (Å²) < 4.78 is 0. The summed E-state index contributed by atoms with van der Waals surface area (Å²) in [7, 11) is 1.80. The van der Waals surface area contributed by atoms with Gasteiger partial charge >= 0.3 is 0 Å². The number of nitrogens with zero attached hydrogens (tertiary/aromatic N) is 1. The Morgan fingerprint density at radius 3 is 2.89 bits per heavy atom. The Labute approximate surface area is 121 Å². The van der Waals surface area contributed by atoms with Gasteiger partial charge in [0.2, 0.25) is 5.91 Å². The first-order chi connectivity index (χ1) is 8.58. The van der Waals surface area contributed by atoms with E-state index in [1.165, 1.54) is 0 Å². The fraction of sp³-hybridized carbons (Fsp3) is 0.417. The third kappa shape index (κ3) is 3.32. The fourth-order valence-corrected chi connectivity index (χ4v) is 3.06. The maximum atomic E-state index is 12.1. The van der Waals surface area contributed by atoms with Crippen LogP contribution in [0.5, 0.6) is 0 Å². The molecular weight excluding hydrogens is 291 g/mol. The average Bonchev–Trinajstić information content (AvgIpc) is 2.86. The van der Waals surface area contributed by atoms with Crippen LogP contribution in [0.2, 0.25) is 10.0 Å². The van der Waals surface area contributed by atoms with Crippen LogP contribution in [-0.4, -0.2) is 35.5 Å². The summed E-state index contributed by atoms with van der Waals surface area (Å²) in [5.41, 5.74) is 0.978. The van der Waals surface area contributed by atoms with Gasteiger partial charge in [0.15, 0.2) is 0 Å². The van der Waals surface area contributed by atoms with E-state index in [-0.39, 0.29) is 11.9 Å². The van der Waals surface area contributed by atoms with Crippen molar-refractivity contribution >= 4 is 40.9 Å². The molecule has 98 valence electrons. The first-order valence-corrected chi connectivity index (χ1v) is 7.49. The van der Waals surface area contributed by atoms with Gasteiger partial charge in [-0.25, -0.2) is 0 Å². The number of carbonyl (C=O) groups excluding carboxylic acids is 1. The summed E-state index contributed by atoms with van der Waals surface area (Å²) in [5, 5.41) is 4.22. The SMILES string of the molecule is CN(Cc1ccc(Cl)c(Cl)c1)C(=O)C1CSCN1. The van der Waals surface area contributed by atoms with Crippen LogP contribution in [0.25, 0.3) is 0 Å². The Hall–Kier alpha value is -0.420. The van der Waals surface area contributed by atoms with Gasteiger partial charge in [-0.2, -0.15) is 0 Å². The second-order valence-corrected chi connectivity index (χ2v) is 6.06. The molecule has 0 spiro atoms. The Morgan fingerprint density at radius 1 is 1.50 bits per heavy atom.